The molecule has 0 saturated heterocycles. The molecule has 5 heteroatoms. The summed E-state index contributed by atoms with van der Waals surface area (Å²) in [7, 11) is 0. The largest absolute Gasteiger partial charge is 0.391 e. The van der Waals surface area contributed by atoms with Gasteiger partial charge in [-0.05, 0) is 30.5 Å². The summed E-state index contributed by atoms with van der Waals surface area (Å²) in [6.07, 6.45) is 2.18. The van der Waals surface area contributed by atoms with Crippen molar-refractivity contribution in [3.8, 4) is 0 Å². The molecule has 1 aliphatic rings. The number of pyridine rings is 1. The number of rotatable bonds is 3. The zero-order valence-corrected chi connectivity index (χ0v) is 11.7. The van der Waals surface area contributed by atoms with Crippen LogP contribution in [-0.2, 0) is 11.3 Å². The lowest BCUT2D eigenvalue weighted by Crippen LogP contribution is -2.30. The Labute approximate surface area is 123 Å². The Morgan fingerprint density at radius 1 is 1.33 bits per heavy atom. The zero-order valence-electron chi connectivity index (χ0n) is 11.7. The molecular weight excluding hydrogens is 266 g/mol. The van der Waals surface area contributed by atoms with Crippen LogP contribution < -0.4 is 11.1 Å². The summed E-state index contributed by atoms with van der Waals surface area (Å²) in [5, 5.41) is 13.6. The minimum absolute atomic E-state index is 0.0390. The molecular formula is C16H19N3O2. The average Bonchev–Trinajstić information content (AvgIpc) is 2.84. The molecule has 0 aliphatic heterocycles. The first-order valence-electron chi connectivity index (χ1n) is 7.19. The van der Waals surface area contributed by atoms with Gasteiger partial charge in [0.2, 0.25) is 5.91 Å². The van der Waals surface area contributed by atoms with Gasteiger partial charge < -0.3 is 16.2 Å². The zero-order chi connectivity index (χ0) is 14.8. The number of para-hydroxylation sites is 1. The monoisotopic (exact) mass is 285 g/mol. The van der Waals surface area contributed by atoms with E-state index in [4.69, 9.17) is 5.73 Å². The summed E-state index contributed by atoms with van der Waals surface area (Å²) < 4.78 is 0. The maximum atomic E-state index is 12.2. The van der Waals surface area contributed by atoms with Crippen molar-refractivity contribution in [3.63, 3.8) is 0 Å². The molecule has 0 unspecified atom stereocenters. The van der Waals surface area contributed by atoms with Crippen molar-refractivity contribution in [2.45, 2.75) is 31.5 Å². The van der Waals surface area contributed by atoms with E-state index in [0.29, 0.717) is 19.4 Å². The summed E-state index contributed by atoms with van der Waals surface area (Å²) in [6.45, 7) is 0.462. The van der Waals surface area contributed by atoms with Gasteiger partial charge in [-0.25, -0.2) is 0 Å². The van der Waals surface area contributed by atoms with Crippen molar-refractivity contribution in [2.75, 3.05) is 0 Å². The van der Waals surface area contributed by atoms with Gasteiger partial charge in [0.15, 0.2) is 0 Å². The molecule has 1 aliphatic carbocycles. The summed E-state index contributed by atoms with van der Waals surface area (Å²) >= 11 is 0. The van der Waals surface area contributed by atoms with Crippen LogP contribution in [0.2, 0.25) is 0 Å². The molecule has 2 aromatic rings. The van der Waals surface area contributed by atoms with Gasteiger partial charge in [0.1, 0.15) is 0 Å². The topological polar surface area (TPSA) is 88.2 Å². The second-order valence-electron chi connectivity index (χ2n) is 5.60. The average molecular weight is 285 g/mol. The lowest BCUT2D eigenvalue weighted by atomic mass is 10.1. The molecule has 4 N–H and O–H groups in total. The Hall–Kier alpha value is -1.98. The quantitative estimate of drug-likeness (QED) is 0.783. The maximum absolute atomic E-state index is 12.2. The highest BCUT2D eigenvalue weighted by atomic mass is 16.3. The summed E-state index contributed by atoms with van der Waals surface area (Å²) in [5.41, 5.74) is 7.71. The van der Waals surface area contributed by atoms with Crippen LogP contribution in [-0.4, -0.2) is 28.1 Å². The lowest BCUT2D eigenvalue weighted by molar-refractivity contribution is -0.125. The van der Waals surface area contributed by atoms with E-state index in [-0.39, 0.29) is 17.9 Å². The van der Waals surface area contributed by atoms with Crippen molar-refractivity contribution in [1.82, 2.24) is 10.3 Å². The predicted octanol–water partition coefficient (Wildman–Crippen LogP) is 0.949. The molecule has 1 heterocycles. The van der Waals surface area contributed by atoms with Crippen LogP contribution in [0, 0.1) is 5.92 Å². The standard InChI is InChI=1S/C16H19N3O2/c17-13-7-11(8-15(13)20)16(21)19-9-10-5-6-18-14-4-2-1-3-12(10)14/h1-6,11,13,15,20H,7-9,17H2,(H,19,21)/t11-,13-,15-/m0/s1. The number of benzene rings is 1. The number of carbonyl (C=O) groups excluding carboxylic acids is 1. The Morgan fingerprint density at radius 3 is 2.90 bits per heavy atom. The second-order valence-corrected chi connectivity index (χ2v) is 5.60. The normalized spacial score (nSPS) is 25.1. The van der Waals surface area contributed by atoms with Crippen molar-refractivity contribution in [3.05, 3.63) is 42.1 Å². The van der Waals surface area contributed by atoms with Gasteiger partial charge in [-0.2, -0.15) is 0 Å². The second kappa shape index (κ2) is 5.79. The number of fused-ring (bicyclic) bond motifs is 1. The number of amides is 1. The highest BCUT2D eigenvalue weighted by molar-refractivity contribution is 5.83. The van der Waals surface area contributed by atoms with E-state index in [1.807, 2.05) is 30.3 Å². The van der Waals surface area contributed by atoms with Crippen LogP contribution in [0.3, 0.4) is 0 Å². The maximum Gasteiger partial charge on any atom is 0.223 e. The van der Waals surface area contributed by atoms with Crippen LogP contribution in [0.5, 0.6) is 0 Å². The van der Waals surface area contributed by atoms with Crippen LogP contribution in [0.15, 0.2) is 36.5 Å². The van der Waals surface area contributed by atoms with Crippen molar-refractivity contribution >= 4 is 16.8 Å². The number of aliphatic hydroxyl groups excluding tert-OH is 1. The summed E-state index contributed by atoms with van der Waals surface area (Å²) in [4.78, 5) is 16.5. The third kappa shape index (κ3) is 2.89. The van der Waals surface area contributed by atoms with Gasteiger partial charge in [0.25, 0.3) is 0 Å². The summed E-state index contributed by atoms with van der Waals surface area (Å²) in [6, 6.07) is 9.48. The minimum atomic E-state index is -0.567. The molecule has 1 aromatic heterocycles. The predicted molar refractivity (Wildman–Crippen MR) is 80.3 cm³/mol. The Morgan fingerprint density at radius 2 is 2.14 bits per heavy atom. The van der Waals surface area contributed by atoms with E-state index in [9.17, 15) is 9.90 Å². The fourth-order valence-electron chi connectivity index (χ4n) is 2.90. The number of aliphatic hydroxyl groups is 1. The highest BCUT2D eigenvalue weighted by Gasteiger charge is 2.34. The summed E-state index contributed by atoms with van der Waals surface area (Å²) in [5.74, 6) is -0.231. The van der Waals surface area contributed by atoms with Gasteiger partial charge in [-0.15, -0.1) is 0 Å². The molecule has 1 fully saturated rings. The van der Waals surface area contributed by atoms with Gasteiger partial charge in [-0.3, -0.25) is 9.78 Å². The highest BCUT2D eigenvalue weighted by Crippen LogP contribution is 2.25. The third-order valence-corrected chi connectivity index (χ3v) is 4.14. The Kier molecular flexibility index (Phi) is 3.86. The number of hydrogen-bond donors (Lipinski definition) is 3. The Bertz CT molecular complexity index is 644. The molecule has 1 aromatic carbocycles. The molecule has 3 rings (SSSR count). The first kappa shape index (κ1) is 14.0. The van der Waals surface area contributed by atoms with Crippen LogP contribution in [0.4, 0.5) is 0 Å². The molecule has 110 valence electrons. The van der Waals surface area contributed by atoms with Crippen LogP contribution >= 0.6 is 0 Å². The number of nitrogens with one attached hydrogen (secondary N) is 1. The van der Waals surface area contributed by atoms with Crippen molar-refractivity contribution in [2.24, 2.45) is 11.7 Å². The molecule has 21 heavy (non-hydrogen) atoms. The van der Waals surface area contributed by atoms with E-state index < -0.39 is 6.10 Å². The van der Waals surface area contributed by atoms with Gasteiger partial charge >= 0.3 is 0 Å². The molecule has 0 radical (unpaired) electrons. The molecule has 3 atom stereocenters. The van der Waals surface area contributed by atoms with Crippen molar-refractivity contribution < 1.29 is 9.90 Å². The van der Waals surface area contributed by atoms with E-state index in [1.54, 1.807) is 6.20 Å². The van der Waals surface area contributed by atoms with Gasteiger partial charge in [0.05, 0.1) is 11.6 Å². The first-order chi connectivity index (χ1) is 10.1. The smallest absolute Gasteiger partial charge is 0.223 e. The first-order valence-corrected chi connectivity index (χ1v) is 7.19. The molecule has 1 saturated carbocycles. The molecule has 1 amide bonds. The molecule has 0 spiro atoms. The van der Waals surface area contributed by atoms with Gasteiger partial charge in [-0.1, -0.05) is 18.2 Å². The molecule has 5 nitrogen and oxygen atoms in total. The number of nitrogens with two attached hydrogens (primary N) is 1. The number of aromatic nitrogens is 1. The van der Waals surface area contributed by atoms with Crippen LogP contribution in [0.25, 0.3) is 10.9 Å². The minimum Gasteiger partial charge on any atom is -0.391 e. The van der Waals surface area contributed by atoms with E-state index >= 15 is 0 Å². The van der Waals surface area contributed by atoms with Crippen molar-refractivity contribution in [1.29, 1.82) is 0 Å². The number of nitrogens with zero attached hydrogens (tertiary/aromatic N) is 1. The fraction of sp³-hybridized carbons (Fsp3) is 0.375. The fourth-order valence-corrected chi connectivity index (χ4v) is 2.90. The SMILES string of the molecule is N[C@H]1C[C@H](C(=O)NCc2ccnc3ccccc23)C[C@@H]1O. The number of carbonyl (C=O) groups is 1. The van der Waals surface area contributed by atoms with Crippen LogP contribution in [0.1, 0.15) is 18.4 Å². The molecule has 0 bridgehead atoms. The van der Waals surface area contributed by atoms with E-state index in [1.165, 1.54) is 0 Å². The lowest BCUT2D eigenvalue weighted by Gasteiger charge is -2.11. The van der Waals surface area contributed by atoms with E-state index in [0.717, 1.165) is 16.5 Å². The number of hydrogen-bond acceptors (Lipinski definition) is 4. The van der Waals surface area contributed by atoms with Gasteiger partial charge in [0, 0.05) is 30.1 Å². The van der Waals surface area contributed by atoms with E-state index in [2.05, 4.69) is 10.3 Å². The Balaban J connectivity index is 1.68. The third-order valence-electron chi connectivity index (χ3n) is 4.14.